The summed E-state index contributed by atoms with van der Waals surface area (Å²) in [7, 11) is 1.38. The Kier molecular flexibility index (Phi) is 5.98. The Hall–Kier alpha value is -3.31. The van der Waals surface area contributed by atoms with Gasteiger partial charge in [0.05, 0.1) is 17.1 Å². The van der Waals surface area contributed by atoms with Gasteiger partial charge in [-0.15, -0.1) is 0 Å². The van der Waals surface area contributed by atoms with Crippen LogP contribution in [0.15, 0.2) is 46.4 Å². The summed E-state index contributed by atoms with van der Waals surface area (Å²) in [6, 6.07) is 10.4. The van der Waals surface area contributed by atoms with Gasteiger partial charge in [-0.2, -0.15) is 5.26 Å². The molecular weight excluding hydrogens is 404 g/mol. The summed E-state index contributed by atoms with van der Waals surface area (Å²) >= 11 is 3.17. The van der Waals surface area contributed by atoms with Crippen molar-refractivity contribution in [1.29, 1.82) is 5.26 Å². The average molecular weight is 417 g/mol. The Morgan fingerprint density at radius 3 is 2.46 bits per heavy atom. The number of methoxy groups -OCH3 is 1. The Morgan fingerprint density at radius 1 is 1.27 bits per heavy atom. The van der Waals surface area contributed by atoms with Crippen LogP contribution < -0.4 is 10.1 Å². The van der Waals surface area contributed by atoms with Crippen molar-refractivity contribution in [2.45, 2.75) is 0 Å². The Morgan fingerprint density at radius 2 is 1.92 bits per heavy atom. The lowest BCUT2D eigenvalue weighted by molar-refractivity contribution is -0.112. The minimum atomic E-state index is -1.08. The lowest BCUT2D eigenvalue weighted by atomic mass is 10.1. The van der Waals surface area contributed by atoms with Gasteiger partial charge in [-0.1, -0.05) is 0 Å². The van der Waals surface area contributed by atoms with Crippen LogP contribution in [-0.4, -0.2) is 29.2 Å². The number of nitrogens with one attached hydrogen (secondary N) is 1. The molecule has 0 aliphatic heterocycles. The maximum atomic E-state index is 12.3. The highest BCUT2D eigenvalue weighted by molar-refractivity contribution is 9.10. The molecule has 2 aromatic carbocycles. The van der Waals surface area contributed by atoms with Crippen LogP contribution in [0.5, 0.6) is 11.5 Å². The molecule has 0 aliphatic rings. The van der Waals surface area contributed by atoms with Crippen molar-refractivity contribution in [3.63, 3.8) is 0 Å². The standard InChI is InChI=1S/C18H13BrN2O5/c1-26-15-8-10(7-14(19)16(15)22)6-12(9-20)17(23)21-13-4-2-11(3-5-13)18(24)25/h2-8,22H,1H3,(H,21,23)(H,24,25). The smallest absolute Gasteiger partial charge is 0.335 e. The van der Waals surface area contributed by atoms with Crippen molar-refractivity contribution < 1.29 is 24.5 Å². The van der Waals surface area contributed by atoms with Crippen LogP contribution in [0.2, 0.25) is 0 Å². The summed E-state index contributed by atoms with van der Waals surface area (Å²) in [5.74, 6) is -1.63. The fourth-order valence-electron chi connectivity index (χ4n) is 2.04. The second-order valence-corrected chi connectivity index (χ2v) is 5.91. The topological polar surface area (TPSA) is 120 Å². The number of carboxylic acids is 1. The number of hydrogen-bond acceptors (Lipinski definition) is 5. The molecule has 7 nitrogen and oxygen atoms in total. The number of halogens is 1. The molecule has 0 unspecified atom stereocenters. The molecule has 26 heavy (non-hydrogen) atoms. The molecule has 0 heterocycles. The zero-order valence-corrected chi connectivity index (χ0v) is 15.1. The highest BCUT2D eigenvalue weighted by atomic mass is 79.9. The van der Waals surface area contributed by atoms with E-state index in [1.165, 1.54) is 49.6 Å². The predicted molar refractivity (Wildman–Crippen MR) is 98.0 cm³/mol. The van der Waals surface area contributed by atoms with Crippen LogP contribution in [0.1, 0.15) is 15.9 Å². The molecule has 2 rings (SSSR count). The number of aromatic hydroxyl groups is 1. The summed E-state index contributed by atoms with van der Waals surface area (Å²) in [5, 5.41) is 30.4. The van der Waals surface area contributed by atoms with Crippen LogP contribution in [0, 0.1) is 11.3 Å². The molecule has 0 saturated carbocycles. The minimum absolute atomic E-state index is 0.0834. The van der Waals surface area contributed by atoms with Crippen molar-refractivity contribution in [2.24, 2.45) is 0 Å². The molecule has 0 aromatic heterocycles. The lowest BCUT2D eigenvalue weighted by Gasteiger charge is -2.08. The van der Waals surface area contributed by atoms with Crippen LogP contribution in [-0.2, 0) is 4.79 Å². The predicted octanol–water partition coefficient (Wildman–Crippen LogP) is 3.41. The van der Waals surface area contributed by atoms with Crippen molar-refractivity contribution in [3.8, 4) is 17.6 Å². The van der Waals surface area contributed by atoms with Gasteiger partial charge in [-0.3, -0.25) is 4.79 Å². The van der Waals surface area contributed by atoms with Gasteiger partial charge in [0.15, 0.2) is 11.5 Å². The van der Waals surface area contributed by atoms with E-state index in [0.717, 1.165) is 0 Å². The summed E-state index contributed by atoms with van der Waals surface area (Å²) in [5.41, 5.74) is 0.733. The van der Waals surface area contributed by atoms with Crippen molar-refractivity contribution in [3.05, 3.63) is 57.6 Å². The van der Waals surface area contributed by atoms with Crippen LogP contribution >= 0.6 is 15.9 Å². The quantitative estimate of drug-likeness (QED) is 0.507. The van der Waals surface area contributed by atoms with Crippen LogP contribution in [0.25, 0.3) is 6.08 Å². The maximum Gasteiger partial charge on any atom is 0.335 e. The van der Waals surface area contributed by atoms with E-state index in [4.69, 9.17) is 9.84 Å². The number of rotatable bonds is 5. The first kappa shape index (κ1) is 19.0. The molecule has 0 bridgehead atoms. The first-order valence-electron chi connectivity index (χ1n) is 7.18. The normalized spacial score (nSPS) is 10.7. The highest BCUT2D eigenvalue weighted by Crippen LogP contribution is 2.35. The number of ether oxygens (including phenoxy) is 1. The zero-order valence-electron chi connectivity index (χ0n) is 13.5. The van der Waals surface area contributed by atoms with Crippen molar-refractivity contribution in [1.82, 2.24) is 0 Å². The van der Waals surface area contributed by atoms with Crippen LogP contribution in [0.4, 0.5) is 5.69 Å². The van der Waals surface area contributed by atoms with Gasteiger partial charge >= 0.3 is 5.97 Å². The molecule has 3 N–H and O–H groups in total. The molecule has 1 amide bonds. The number of phenolic OH excluding ortho intramolecular Hbond substituents is 1. The first-order valence-corrected chi connectivity index (χ1v) is 7.98. The first-order chi connectivity index (χ1) is 12.3. The summed E-state index contributed by atoms with van der Waals surface area (Å²) in [6.07, 6.45) is 1.34. The molecule has 0 saturated heterocycles. The van der Waals surface area contributed by atoms with Gasteiger partial charge in [0.2, 0.25) is 0 Å². The number of hydrogen-bond donors (Lipinski definition) is 3. The largest absolute Gasteiger partial charge is 0.503 e. The highest BCUT2D eigenvalue weighted by Gasteiger charge is 2.13. The minimum Gasteiger partial charge on any atom is -0.503 e. The van der Waals surface area contributed by atoms with Gasteiger partial charge in [0.1, 0.15) is 11.6 Å². The van der Waals surface area contributed by atoms with Gasteiger partial charge in [-0.25, -0.2) is 4.79 Å². The lowest BCUT2D eigenvalue weighted by Crippen LogP contribution is -2.13. The number of phenols is 1. The number of benzene rings is 2. The number of carbonyl (C=O) groups excluding carboxylic acids is 1. The van der Waals surface area contributed by atoms with E-state index in [1.54, 1.807) is 0 Å². The van der Waals surface area contributed by atoms with E-state index < -0.39 is 11.9 Å². The molecule has 8 heteroatoms. The fourth-order valence-corrected chi connectivity index (χ4v) is 2.50. The number of nitrogens with zero attached hydrogens (tertiary/aromatic N) is 1. The number of amides is 1. The van der Waals surface area contributed by atoms with Crippen molar-refractivity contribution in [2.75, 3.05) is 12.4 Å². The summed E-state index contributed by atoms with van der Waals surface area (Å²) in [6.45, 7) is 0. The Balaban J connectivity index is 2.26. The molecular formula is C18H13BrN2O5. The SMILES string of the molecule is COc1cc(C=C(C#N)C(=O)Nc2ccc(C(=O)O)cc2)cc(Br)c1O. The Bertz CT molecular complexity index is 930. The Labute approximate surface area is 157 Å². The third-order valence-corrected chi connectivity index (χ3v) is 3.94. The van der Waals surface area contributed by atoms with Gasteiger partial charge in [0.25, 0.3) is 5.91 Å². The van der Waals surface area contributed by atoms with E-state index in [0.29, 0.717) is 15.7 Å². The zero-order chi connectivity index (χ0) is 19.3. The molecule has 2 aromatic rings. The van der Waals surface area contributed by atoms with Crippen molar-refractivity contribution >= 4 is 39.6 Å². The third kappa shape index (κ3) is 4.40. The summed E-state index contributed by atoms with van der Waals surface area (Å²) < 4.78 is 5.38. The van der Waals surface area contributed by atoms with E-state index in [9.17, 15) is 20.0 Å². The van der Waals surface area contributed by atoms with Gasteiger partial charge < -0.3 is 20.3 Å². The molecule has 0 fully saturated rings. The number of carbonyl (C=O) groups is 2. The summed E-state index contributed by atoms with van der Waals surface area (Å²) in [4.78, 5) is 23.1. The number of aromatic carboxylic acids is 1. The second-order valence-electron chi connectivity index (χ2n) is 5.06. The van der Waals surface area contributed by atoms with E-state index in [2.05, 4.69) is 21.2 Å². The van der Waals surface area contributed by atoms with Crippen LogP contribution in [0.3, 0.4) is 0 Å². The molecule has 132 valence electrons. The van der Waals surface area contributed by atoms with E-state index in [-0.39, 0.29) is 22.6 Å². The number of nitriles is 1. The monoisotopic (exact) mass is 416 g/mol. The maximum absolute atomic E-state index is 12.3. The van der Waals surface area contributed by atoms with E-state index >= 15 is 0 Å². The van der Waals surface area contributed by atoms with E-state index in [1.807, 2.05) is 6.07 Å². The van der Waals surface area contributed by atoms with Gasteiger partial charge in [-0.05, 0) is 64.0 Å². The second kappa shape index (κ2) is 8.18. The molecule has 0 radical (unpaired) electrons. The number of anilines is 1. The molecule has 0 spiro atoms. The number of carboxylic acid groups (broad SMARTS) is 1. The molecule has 0 aliphatic carbocycles. The fraction of sp³-hybridized carbons (Fsp3) is 0.0556. The molecule has 0 atom stereocenters. The average Bonchev–Trinajstić information content (AvgIpc) is 2.62. The van der Waals surface area contributed by atoms with Gasteiger partial charge in [0, 0.05) is 5.69 Å². The third-order valence-electron chi connectivity index (χ3n) is 3.34.